The predicted molar refractivity (Wildman–Crippen MR) is 161 cm³/mol. The summed E-state index contributed by atoms with van der Waals surface area (Å²) in [5, 5.41) is 0.955. The number of hydrogen-bond acceptors (Lipinski definition) is 3. The van der Waals surface area contributed by atoms with Crippen LogP contribution in [0.5, 0.6) is 0 Å². The van der Waals surface area contributed by atoms with Gasteiger partial charge in [-0.1, -0.05) is 78.9 Å². The van der Waals surface area contributed by atoms with Crippen molar-refractivity contribution in [2.75, 3.05) is 54.4 Å². The smallest absolute Gasteiger partial charge is 0.245 e. The molecule has 5 nitrogen and oxygen atoms in total. The van der Waals surface area contributed by atoms with Crippen LogP contribution in [0.4, 0.5) is 0 Å². The van der Waals surface area contributed by atoms with Crippen molar-refractivity contribution in [3.8, 4) is 0 Å². The van der Waals surface area contributed by atoms with Crippen molar-refractivity contribution < 1.29 is 4.57 Å². The summed E-state index contributed by atoms with van der Waals surface area (Å²) in [5.74, 6) is 0. The number of benzene rings is 3. The van der Waals surface area contributed by atoms with E-state index in [1.807, 2.05) is 18.2 Å². The fraction of sp³-hybridized carbons (Fsp3) is 0.438. The van der Waals surface area contributed by atoms with E-state index >= 15 is 4.57 Å². The van der Waals surface area contributed by atoms with Crippen LogP contribution in [0.1, 0.15) is 24.0 Å². The van der Waals surface area contributed by atoms with E-state index in [0.717, 1.165) is 57.2 Å². The molecule has 1 saturated heterocycles. The summed E-state index contributed by atoms with van der Waals surface area (Å²) < 4.78 is 20.2. The van der Waals surface area contributed by atoms with Gasteiger partial charge in [-0.15, -0.1) is 0 Å². The highest BCUT2D eigenvalue weighted by Gasteiger charge is 2.42. The van der Waals surface area contributed by atoms with E-state index in [9.17, 15) is 0 Å². The van der Waals surface area contributed by atoms with Gasteiger partial charge in [-0.3, -0.25) is 4.57 Å². The van der Waals surface area contributed by atoms with Crippen molar-refractivity contribution >= 4 is 12.7 Å². The van der Waals surface area contributed by atoms with Gasteiger partial charge in [0.15, 0.2) is 0 Å². The summed E-state index contributed by atoms with van der Waals surface area (Å²) in [7, 11) is 5.59. The summed E-state index contributed by atoms with van der Waals surface area (Å²) in [6.07, 6.45) is 4.00. The van der Waals surface area contributed by atoms with E-state index in [4.69, 9.17) is 0 Å². The molecule has 0 aromatic heterocycles. The second-order valence-corrected chi connectivity index (χ2v) is 13.8. The third-order valence-electron chi connectivity index (χ3n) is 7.87. The van der Waals surface area contributed by atoms with Crippen LogP contribution in [0.15, 0.2) is 91.0 Å². The van der Waals surface area contributed by atoms with Crippen LogP contribution in [-0.4, -0.2) is 85.6 Å². The lowest BCUT2D eigenvalue weighted by Crippen LogP contribution is -2.47. The molecule has 3 aromatic rings. The highest BCUT2D eigenvalue weighted by atomic mass is 31.2. The molecule has 4 rings (SSSR count). The van der Waals surface area contributed by atoms with Crippen LogP contribution in [0.3, 0.4) is 0 Å². The molecule has 0 aliphatic carbocycles. The molecule has 38 heavy (non-hydrogen) atoms. The second-order valence-electron chi connectivity index (χ2n) is 11.0. The highest BCUT2D eigenvalue weighted by Crippen LogP contribution is 2.54. The fourth-order valence-electron chi connectivity index (χ4n) is 5.47. The minimum Gasteiger partial charge on any atom is -0.305 e. The van der Waals surface area contributed by atoms with E-state index in [0.29, 0.717) is 0 Å². The zero-order valence-corrected chi connectivity index (χ0v) is 24.5. The van der Waals surface area contributed by atoms with Crippen LogP contribution in [0.25, 0.3) is 0 Å². The van der Waals surface area contributed by atoms with Gasteiger partial charge in [-0.05, 0) is 77.1 Å². The third kappa shape index (κ3) is 7.22. The van der Waals surface area contributed by atoms with E-state index in [1.165, 1.54) is 11.1 Å². The van der Waals surface area contributed by atoms with Crippen molar-refractivity contribution in [1.29, 1.82) is 0 Å². The van der Waals surface area contributed by atoms with Crippen molar-refractivity contribution in [3.05, 3.63) is 102 Å². The van der Waals surface area contributed by atoms with Crippen molar-refractivity contribution in [3.63, 3.8) is 0 Å². The monoisotopic (exact) mass is 532 g/mol. The molecule has 0 N–H and O–H groups in total. The minimum atomic E-state index is -3.01. The topological polar surface area (TPSA) is 30.0 Å². The van der Waals surface area contributed by atoms with E-state index in [2.05, 4.69) is 120 Å². The molecule has 1 heterocycles. The quantitative estimate of drug-likeness (QED) is 0.315. The molecule has 1 fully saturated rings. The lowest BCUT2D eigenvalue weighted by molar-refractivity contribution is 0.221. The Bertz CT molecular complexity index is 1070. The summed E-state index contributed by atoms with van der Waals surface area (Å²) in [6.45, 7) is 3.26. The van der Waals surface area contributed by atoms with Crippen molar-refractivity contribution in [2.24, 2.45) is 0 Å². The normalized spacial score (nSPS) is 20.9. The third-order valence-corrected chi connectivity index (χ3v) is 11.1. The SMILES string of the molecule is CN(C)C(Cc1ccccc1)CN1CCCCN(CC(Cc2ccccc2)N(C)C)P1(=O)c1ccccc1. The second kappa shape index (κ2) is 13.7. The number of likely N-dealkylation sites (N-methyl/N-ethyl adjacent to an activating group) is 2. The minimum absolute atomic E-state index is 0.267. The Hall–Kier alpha value is -2.27. The standard InChI is InChI=1S/C32H45N4OP/c1-33(2)30(24-28-16-8-5-9-17-28)26-35-22-14-15-23-36(38(35,37)32-20-12-7-13-21-32)27-31(34(3)4)25-29-18-10-6-11-19-29/h5-13,16-21,30-31H,14-15,22-27H2,1-4H3. The molecule has 0 amide bonds. The Kier molecular flexibility index (Phi) is 10.3. The van der Waals surface area contributed by atoms with E-state index < -0.39 is 7.44 Å². The first-order chi connectivity index (χ1) is 18.4. The first-order valence-electron chi connectivity index (χ1n) is 13.9. The first kappa shape index (κ1) is 28.7. The summed E-state index contributed by atoms with van der Waals surface area (Å²) in [4.78, 5) is 4.60. The number of nitrogens with zero attached hydrogens (tertiary/aromatic N) is 4. The molecule has 0 saturated carbocycles. The zero-order chi connectivity index (χ0) is 27.0. The summed E-state index contributed by atoms with van der Waals surface area (Å²) in [5.41, 5.74) is 2.64. The molecule has 1 aliphatic rings. The number of rotatable bonds is 11. The van der Waals surface area contributed by atoms with Crippen molar-refractivity contribution in [2.45, 2.75) is 37.8 Å². The molecule has 2 atom stereocenters. The van der Waals surface area contributed by atoms with Gasteiger partial charge in [0.1, 0.15) is 0 Å². The lowest BCUT2D eigenvalue weighted by atomic mass is 10.1. The lowest BCUT2D eigenvalue weighted by Gasteiger charge is -2.42. The van der Waals surface area contributed by atoms with Gasteiger partial charge in [0.25, 0.3) is 0 Å². The summed E-state index contributed by atoms with van der Waals surface area (Å²) >= 11 is 0. The maximum Gasteiger partial charge on any atom is 0.245 e. The van der Waals surface area contributed by atoms with Crippen LogP contribution in [-0.2, 0) is 17.4 Å². The van der Waals surface area contributed by atoms with Gasteiger partial charge in [0, 0.05) is 43.6 Å². The predicted octanol–water partition coefficient (Wildman–Crippen LogP) is 5.25. The Morgan fingerprint density at radius 3 is 1.37 bits per heavy atom. The molecule has 1 aliphatic heterocycles. The molecule has 3 aromatic carbocycles. The largest absolute Gasteiger partial charge is 0.305 e. The average molecular weight is 533 g/mol. The molecular weight excluding hydrogens is 487 g/mol. The van der Waals surface area contributed by atoms with Gasteiger partial charge < -0.3 is 9.80 Å². The Balaban J connectivity index is 1.66. The van der Waals surface area contributed by atoms with Gasteiger partial charge >= 0.3 is 0 Å². The fourth-order valence-corrected chi connectivity index (χ4v) is 8.69. The molecule has 2 unspecified atom stereocenters. The Morgan fingerprint density at radius 2 is 1.00 bits per heavy atom. The maximum atomic E-state index is 15.6. The van der Waals surface area contributed by atoms with Gasteiger partial charge in [0.05, 0.1) is 0 Å². The zero-order valence-electron chi connectivity index (χ0n) is 23.6. The van der Waals surface area contributed by atoms with Gasteiger partial charge in [-0.25, -0.2) is 9.34 Å². The molecule has 0 spiro atoms. The first-order valence-corrected chi connectivity index (χ1v) is 15.6. The molecule has 204 valence electrons. The van der Waals surface area contributed by atoms with Crippen LogP contribution in [0.2, 0.25) is 0 Å². The van der Waals surface area contributed by atoms with Gasteiger partial charge in [0.2, 0.25) is 7.44 Å². The van der Waals surface area contributed by atoms with Crippen molar-refractivity contribution in [1.82, 2.24) is 19.1 Å². The van der Waals surface area contributed by atoms with E-state index in [1.54, 1.807) is 0 Å². The Labute approximate surface area is 230 Å². The molecule has 0 bridgehead atoms. The summed E-state index contributed by atoms with van der Waals surface area (Å²) in [6, 6.07) is 32.2. The van der Waals surface area contributed by atoms with Gasteiger partial charge in [-0.2, -0.15) is 0 Å². The number of hydrogen-bond donors (Lipinski definition) is 0. The highest BCUT2D eigenvalue weighted by molar-refractivity contribution is 7.67. The Morgan fingerprint density at radius 1 is 0.632 bits per heavy atom. The average Bonchev–Trinajstić information content (AvgIpc) is 3.08. The van der Waals surface area contributed by atoms with Crippen LogP contribution >= 0.6 is 7.44 Å². The molecular formula is C32H45N4OP. The molecule has 6 heteroatoms. The molecule has 0 radical (unpaired) electrons. The van der Waals surface area contributed by atoms with Crippen LogP contribution < -0.4 is 5.30 Å². The van der Waals surface area contributed by atoms with E-state index in [-0.39, 0.29) is 12.1 Å². The van der Waals surface area contributed by atoms with Crippen LogP contribution in [0, 0.1) is 0 Å². The maximum absolute atomic E-state index is 15.6.